The van der Waals surface area contributed by atoms with Gasteiger partial charge in [0.25, 0.3) is 0 Å². The third-order valence-corrected chi connectivity index (χ3v) is 3.80. The highest BCUT2D eigenvalue weighted by atomic mass is 16.5. The molecule has 0 radical (unpaired) electrons. The molecule has 1 saturated heterocycles. The summed E-state index contributed by atoms with van der Waals surface area (Å²) in [6.07, 6.45) is 6.16. The molecule has 0 saturated carbocycles. The molecule has 0 bridgehead atoms. The van der Waals surface area contributed by atoms with Crippen molar-refractivity contribution in [2.45, 2.75) is 6.42 Å². The number of anilines is 2. The van der Waals surface area contributed by atoms with Gasteiger partial charge in [0.15, 0.2) is 0 Å². The van der Waals surface area contributed by atoms with Crippen LogP contribution in [0.25, 0.3) is 0 Å². The summed E-state index contributed by atoms with van der Waals surface area (Å²) in [7, 11) is 1.87. The van der Waals surface area contributed by atoms with Crippen LogP contribution in [0.5, 0.6) is 0 Å². The number of hydrogen-bond acceptors (Lipinski definition) is 5. The van der Waals surface area contributed by atoms with Gasteiger partial charge in [-0.05, 0) is 24.1 Å². The van der Waals surface area contributed by atoms with Gasteiger partial charge < -0.3 is 20.3 Å². The number of morpholine rings is 1. The van der Waals surface area contributed by atoms with Gasteiger partial charge in [-0.1, -0.05) is 0 Å². The van der Waals surface area contributed by atoms with Crippen molar-refractivity contribution in [2.24, 2.45) is 7.05 Å². The van der Waals surface area contributed by atoms with Crippen LogP contribution in [0.3, 0.4) is 0 Å². The Balaban J connectivity index is 1.44. The van der Waals surface area contributed by atoms with Crippen molar-refractivity contribution in [3.8, 4) is 0 Å². The number of ether oxygens (including phenoxy) is 1. The normalized spacial score (nSPS) is 14.5. The fraction of sp³-hybridized carbons (Fsp3) is 0.438. The molecule has 0 unspecified atom stereocenters. The third-order valence-electron chi connectivity index (χ3n) is 3.80. The molecule has 8 heteroatoms. The third kappa shape index (κ3) is 4.45. The number of urea groups is 1. The summed E-state index contributed by atoms with van der Waals surface area (Å²) in [5.41, 5.74) is 1.76. The average Bonchev–Trinajstić information content (AvgIpc) is 3.02. The van der Waals surface area contributed by atoms with Crippen molar-refractivity contribution < 1.29 is 9.53 Å². The summed E-state index contributed by atoms with van der Waals surface area (Å²) in [6.45, 7) is 3.68. The lowest BCUT2D eigenvalue weighted by atomic mass is 10.2. The van der Waals surface area contributed by atoms with E-state index in [0.717, 1.165) is 44.1 Å². The number of aromatic nitrogens is 3. The second-order valence-electron chi connectivity index (χ2n) is 5.66. The first kappa shape index (κ1) is 16.3. The van der Waals surface area contributed by atoms with E-state index in [1.807, 2.05) is 25.4 Å². The van der Waals surface area contributed by atoms with Gasteiger partial charge in [0.1, 0.15) is 5.82 Å². The lowest BCUT2D eigenvalue weighted by Crippen LogP contribution is -2.36. The minimum absolute atomic E-state index is 0.236. The van der Waals surface area contributed by atoms with Crippen molar-refractivity contribution in [3.05, 3.63) is 36.3 Å². The highest BCUT2D eigenvalue weighted by Crippen LogP contribution is 2.15. The summed E-state index contributed by atoms with van der Waals surface area (Å²) >= 11 is 0. The van der Waals surface area contributed by atoms with Crippen molar-refractivity contribution in [1.29, 1.82) is 0 Å². The molecule has 2 aromatic rings. The fourth-order valence-electron chi connectivity index (χ4n) is 2.54. The van der Waals surface area contributed by atoms with Crippen molar-refractivity contribution in [3.63, 3.8) is 0 Å². The summed E-state index contributed by atoms with van der Waals surface area (Å²) in [5.74, 6) is 0.904. The predicted molar refractivity (Wildman–Crippen MR) is 91.2 cm³/mol. The zero-order valence-electron chi connectivity index (χ0n) is 13.7. The van der Waals surface area contributed by atoms with E-state index in [-0.39, 0.29) is 6.03 Å². The van der Waals surface area contributed by atoms with Gasteiger partial charge >= 0.3 is 6.03 Å². The number of hydrogen-bond donors (Lipinski definition) is 2. The minimum Gasteiger partial charge on any atom is -0.378 e. The van der Waals surface area contributed by atoms with Crippen LogP contribution < -0.4 is 15.5 Å². The molecule has 3 heterocycles. The van der Waals surface area contributed by atoms with E-state index >= 15 is 0 Å². The second-order valence-corrected chi connectivity index (χ2v) is 5.66. The molecule has 8 nitrogen and oxygen atoms in total. The van der Waals surface area contributed by atoms with Gasteiger partial charge in [-0.25, -0.2) is 9.78 Å². The van der Waals surface area contributed by atoms with E-state index in [1.54, 1.807) is 17.1 Å². The van der Waals surface area contributed by atoms with E-state index in [1.165, 1.54) is 0 Å². The summed E-state index contributed by atoms with van der Waals surface area (Å²) < 4.78 is 7.08. The number of rotatable bonds is 5. The number of carbonyl (C=O) groups excluding carboxylic acids is 1. The van der Waals surface area contributed by atoms with Gasteiger partial charge in [-0.3, -0.25) is 4.68 Å². The van der Waals surface area contributed by atoms with Gasteiger partial charge in [0.2, 0.25) is 0 Å². The standard InChI is InChI=1S/C16H22N6O2/c1-21-12-13(10-19-21)4-5-17-16(23)20-14-2-3-15(18-11-14)22-6-8-24-9-7-22/h2-3,10-12H,4-9H2,1H3,(H2,17,20,23). The topological polar surface area (TPSA) is 84.3 Å². The lowest BCUT2D eigenvalue weighted by Gasteiger charge is -2.27. The van der Waals surface area contributed by atoms with Crippen LogP contribution in [0.4, 0.5) is 16.3 Å². The van der Waals surface area contributed by atoms with E-state index in [4.69, 9.17) is 4.74 Å². The molecule has 3 rings (SSSR count). The maximum atomic E-state index is 11.9. The average molecular weight is 330 g/mol. The Labute approximate surface area is 140 Å². The van der Waals surface area contributed by atoms with Gasteiger partial charge in [-0.15, -0.1) is 0 Å². The SMILES string of the molecule is Cn1cc(CCNC(=O)Nc2ccc(N3CCOCC3)nc2)cn1. The highest BCUT2D eigenvalue weighted by molar-refractivity contribution is 5.89. The Morgan fingerprint density at radius 1 is 1.29 bits per heavy atom. The lowest BCUT2D eigenvalue weighted by molar-refractivity contribution is 0.122. The molecule has 2 aromatic heterocycles. The number of carbonyl (C=O) groups is 1. The Hall–Kier alpha value is -2.61. The van der Waals surface area contributed by atoms with Crippen LogP contribution in [-0.2, 0) is 18.2 Å². The smallest absolute Gasteiger partial charge is 0.319 e. The summed E-state index contributed by atoms with van der Waals surface area (Å²) in [5, 5.41) is 9.71. The molecule has 0 atom stereocenters. The molecular formula is C16H22N6O2. The number of pyridine rings is 1. The molecule has 128 valence electrons. The van der Waals surface area contributed by atoms with Crippen LogP contribution >= 0.6 is 0 Å². The summed E-state index contributed by atoms with van der Waals surface area (Å²) in [6, 6.07) is 3.54. The Morgan fingerprint density at radius 3 is 2.79 bits per heavy atom. The van der Waals surface area contributed by atoms with Crippen LogP contribution in [0.2, 0.25) is 0 Å². The number of nitrogens with one attached hydrogen (secondary N) is 2. The van der Waals surface area contributed by atoms with Crippen LogP contribution in [0, 0.1) is 0 Å². The Morgan fingerprint density at radius 2 is 2.12 bits per heavy atom. The van der Waals surface area contributed by atoms with E-state index < -0.39 is 0 Å². The Bertz CT molecular complexity index is 663. The minimum atomic E-state index is -0.236. The molecular weight excluding hydrogens is 308 g/mol. The molecule has 0 spiro atoms. The van der Waals surface area contributed by atoms with Crippen LogP contribution in [0.1, 0.15) is 5.56 Å². The maximum absolute atomic E-state index is 11.9. The second kappa shape index (κ2) is 7.78. The number of aryl methyl sites for hydroxylation is 1. The number of amides is 2. The van der Waals surface area contributed by atoms with Crippen molar-refractivity contribution in [2.75, 3.05) is 43.1 Å². The monoisotopic (exact) mass is 330 g/mol. The van der Waals surface area contributed by atoms with Crippen molar-refractivity contribution >= 4 is 17.5 Å². The fourth-order valence-corrected chi connectivity index (χ4v) is 2.54. The Kier molecular flexibility index (Phi) is 5.27. The van der Waals surface area contributed by atoms with Gasteiger partial charge in [0.05, 0.1) is 31.3 Å². The van der Waals surface area contributed by atoms with Crippen LogP contribution in [-0.4, -0.2) is 53.6 Å². The molecule has 1 aliphatic rings. The first-order valence-corrected chi connectivity index (χ1v) is 8.02. The zero-order valence-corrected chi connectivity index (χ0v) is 13.7. The van der Waals surface area contributed by atoms with E-state index in [2.05, 4.69) is 25.6 Å². The van der Waals surface area contributed by atoms with Gasteiger partial charge in [-0.2, -0.15) is 5.10 Å². The van der Waals surface area contributed by atoms with Crippen molar-refractivity contribution in [1.82, 2.24) is 20.1 Å². The predicted octanol–water partition coefficient (Wildman–Crippen LogP) is 1.02. The van der Waals surface area contributed by atoms with E-state index in [0.29, 0.717) is 12.2 Å². The molecule has 1 fully saturated rings. The molecule has 1 aliphatic heterocycles. The molecule has 24 heavy (non-hydrogen) atoms. The molecule has 0 aliphatic carbocycles. The number of nitrogens with zero attached hydrogens (tertiary/aromatic N) is 4. The quantitative estimate of drug-likeness (QED) is 0.855. The molecule has 2 N–H and O–H groups in total. The molecule has 0 aromatic carbocycles. The summed E-state index contributed by atoms with van der Waals surface area (Å²) in [4.78, 5) is 18.5. The maximum Gasteiger partial charge on any atom is 0.319 e. The largest absolute Gasteiger partial charge is 0.378 e. The van der Waals surface area contributed by atoms with E-state index in [9.17, 15) is 4.79 Å². The first-order valence-electron chi connectivity index (χ1n) is 8.02. The van der Waals surface area contributed by atoms with Gasteiger partial charge in [0, 0.05) is 32.9 Å². The van der Waals surface area contributed by atoms with Crippen LogP contribution in [0.15, 0.2) is 30.7 Å². The highest BCUT2D eigenvalue weighted by Gasteiger charge is 2.12. The molecule has 2 amide bonds. The zero-order chi connectivity index (χ0) is 16.8. The first-order chi connectivity index (χ1) is 11.7.